The van der Waals surface area contributed by atoms with Crippen molar-refractivity contribution in [1.29, 1.82) is 0 Å². The first kappa shape index (κ1) is 19.6. The van der Waals surface area contributed by atoms with E-state index in [0.29, 0.717) is 19.3 Å². The predicted octanol–water partition coefficient (Wildman–Crippen LogP) is 6.03. The van der Waals surface area contributed by atoms with Gasteiger partial charge in [-0.3, -0.25) is 13.7 Å². The molecule has 126 valence electrons. The van der Waals surface area contributed by atoms with Gasteiger partial charge < -0.3 is 0 Å². The SMILES string of the molecule is CCCCP1(=O)OP(=O)(CCCC)OP(=O)(CCCC)O1. The molecule has 1 rings (SSSR count). The van der Waals surface area contributed by atoms with Crippen molar-refractivity contribution in [3.05, 3.63) is 0 Å². The highest BCUT2D eigenvalue weighted by molar-refractivity contribution is 7.80. The predicted molar refractivity (Wildman–Crippen MR) is 85.4 cm³/mol. The van der Waals surface area contributed by atoms with E-state index in [0.717, 1.165) is 19.3 Å². The van der Waals surface area contributed by atoms with Crippen LogP contribution in [0.5, 0.6) is 0 Å². The summed E-state index contributed by atoms with van der Waals surface area (Å²) in [5.74, 6) is 0. The molecule has 0 N–H and O–H groups in total. The average Bonchev–Trinajstić information content (AvgIpc) is 2.39. The molecule has 0 aromatic rings. The fourth-order valence-electron chi connectivity index (χ4n) is 1.91. The maximum atomic E-state index is 12.7. The number of unbranched alkanes of at least 4 members (excludes halogenated alkanes) is 3. The Labute approximate surface area is 127 Å². The fourth-order valence-corrected chi connectivity index (χ4v) is 11.7. The van der Waals surface area contributed by atoms with Crippen LogP contribution in [0.1, 0.15) is 59.3 Å². The molecule has 1 aliphatic rings. The van der Waals surface area contributed by atoms with Gasteiger partial charge in [0.25, 0.3) is 0 Å². The van der Waals surface area contributed by atoms with Crippen LogP contribution in [-0.2, 0) is 26.6 Å². The number of hydrogen-bond acceptors (Lipinski definition) is 6. The van der Waals surface area contributed by atoms with E-state index in [2.05, 4.69) is 0 Å². The van der Waals surface area contributed by atoms with Crippen LogP contribution in [0.4, 0.5) is 0 Å². The van der Waals surface area contributed by atoms with E-state index >= 15 is 0 Å². The Bertz CT molecular complexity index is 379. The molecule has 0 radical (unpaired) electrons. The molecule has 0 aliphatic carbocycles. The van der Waals surface area contributed by atoms with Crippen molar-refractivity contribution >= 4 is 22.8 Å². The molecule has 0 unspecified atom stereocenters. The summed E-state index contributed by atoms with van der Waals surface area (Å²) in [6, 6.07) is 0. The minimum atomic E-state index is -3.60. The van der Waals surface area contributed by atoms with E-state index < -0.39 is 22.8 Å². The van der Waals surface area contributed by atoms with Crippen molar-refractivity contribution in [2.75, 3.05) is 18.5 Å². The van der Waals surface area contributed by atoms with E-state index in [4.69, 9.17) is 12.9 Å². The number of rotatable bonds is 9. The van der Waals surface area contributed by atoms with Crippen molar-refractivity contribution < 1.29 is 26.6 Å². The van der Waals surface area contributed by atoms with E-state index in [1.54, 1.807) is 0 Å². The molecule has 1 saturated heterocycles. The van der Waals surface area contributed by atoms with Crippen molar-refractivity contribution in [2.45, 2.75) is 59.3 Å². The zero-order valence-electron chi connectivity index (χ0n) is 13.2. The summed E-state index contributed by atoms with van der Waals surface area (Å²) < 4.78 is 53.7. The third-order valence-electron chi connectivity index (χ3n) is 3.10. The first-order chi connectivity index (χ1) is 9.80. The Balaban J connectivity index is 2.95. The molecule has 6 nitrogen and oxygen atoms in total. The molecule has 1 fully saturated rings. The lowest BCUT2D eigenvalue weighted by Gasteiger charge is -2.34. The van der Waals surface area contributed by atoms with Crippen molar-refractivity contribution in [1.82, 2.24) is 0 Å². The highest BCUT2D eigenvalue weighted by Crippen LogP contribution is 2.82. The van der Waals surface area contributed by atoms with E-state index in [1.165, 1.54) is 0 Å². The van der Waals surface area contributed by atoms with Crippen LogP contribution >= 0.6 is 22.8 Å². The smallest absolute Gasteiger partial charge is 0.259 e. The van der Waals surface area contributed by atoms with Gasteiger partial charge in [-0.05, 0) is 19.3 Å². The van der Waals surface area contributed by atoms with Crippen LogP contribution in [0.2, 0.25) is 0 Å². The molecule has 0 aromatic heterocycles. The topological polar surface area (TPSA) is 78.9 Å². The maximum Gasteiger partial charge on any atom is 0.345 e. The van der Waals surface area contributed by atoms with Gasteiger partial charge in [-0.25, -0.2) is 12.9 Å². The standard InChI is InChI=1S/C12H27O6P3/c1-4-7-10-19(13)16-20(14,11-8-5-2)18-21(15,17-19)12-9-6-3/h4-12H2,1-3H3. The van der Waals surface area contributed by atoms with Crippen LogP contribution in [0.25, 0.3) is 0 Å². The highest BCUT2D eigenvalue weighted by Gasteiger charge is 2.51. The molecule has 21 heavy (non-hydrogen) atoms. The van der Waals surface area contributed by atoms with Gasteiger partial charge in [-0.15, -0.1) is 0 Å². The van der Waals surface area contributed by atoms with Gasteiger partial charge in [0, 0.05) is 0 Å². The van der Waals surface area contributed by atoms with Gasteiger partial charge in [-0.1, -0.05) is 40.0 Å². The summed E-state index contributed by atoms with van der Waals surface area (Å²) in [4.78, 5) is 0. The molecule has 0 amide bonds. The second-order valence-corrected chi connectivity index (χ2v) is 12.3. The van der Waals surface area contributed by atoms with Crippen LogP contribution in [0.15, 0.2) is 0 Å². The molecule has 9 heteroatoms. The monoisotopic (exact) mass is 360 g/mol. The van der Waals surface area contributed by atoms with Crippen LogP contribution in [0, 0.1) is 0 Å². The second kappa shape index (κ2) is 8.43. The minimum Gasteiger partial charge on any atom is -0.259 e. The van der Waals surface area contributed by atoms with E-state index in [1.807, 2.05) is 20.8 Å². The van der Waals surface area contributed by atoms with Gasteiger partial charge in [0.05, 0.1) is 18.5 Å². The molecule has 1 aliphatic heterocycles. The van der Waals surface area contributed by atoms with Gasteiger partial charge in [0.15, 0.2) is 0 Å². The van der Waals surface area contributed by atoms with Gasteiger partial charge in [-0.2, -0.15) is 0 Å². The van der Waals surface area contributed by atoms with Crippen molar-refractivity contribution in [2.24, 2.45) is 0 Å². The van der Waals surface area contributed by atoms with Gasteiger partial charge in [0.2, 0.25) is 0 Å². The Morgan fingerprint density at radius 3 is 1.00 bits per heavy atom. The first-order valence-electron chi connectivity index (χ1n) is 7.71. The molecule has 0 aromatic carbocycles. The summed E-state index contributed by atoms with van der Waals surface area (Å²) in [5, 5.41) is 0. The van der Waals surface area contributed by atoms with Gasteiger partial charge >= 0.3 is 22.8 Å². The zero-order chi connectivity index (χ0) is 16.0. The summed E-state index contributed by atoms with van der Waals surface area (Å²) in [6.07, 6.45) is 4.65. The normalized spacial score (nSPS) is 36.7. The highest BCUT2D eigenvalue weighted by atomic mass is 31.3. The zero-order valence-corrected chi connectivity index (χ0v) is 15.8. The Morgan fingerprint density at radius 1 is 0.571 bits per heavy atom. The fraction of sp³-hybridized carbons (Fsp3) is 1.00. The lowest BCUT2D eigenvalue weighted by molar-refractivity contribution is 0.275. The Hall–Kier alpha value is 0.570. The lowest BCUT2D eigenvalue weighted by Crippen LogP contribution is -2.11. The second-order valence-electron chi connectivity index (χ2n) is 5.31. The molecule has 0 saturated carbocycles. The van der Waals surface area contributed by atoms with Gasteiger partial charge in [0.1, 0.15) is 0 Å². The van der Waals surface area contributed by atoms with E-state index in [-0.39, 0.29) is 18.5 Å². The van der Waals surface area contributed by atoms with Crippen LogP contribution < -0.4 is 0 Å². The molecule has 0 spiro atoms. The first-order valence-corrected chi connectivity index (χ1v) is 12.9. The minimum absolute atomic E-state index is 0.138. The summed E-state index contributed by atoms with van der Waals surface area (Å²) in [7, 11) is -10.8. The third-order valence-corrected chi connectivity index (χ3v) is 11.7. The summed E-state index contributed by atoms with van der Waals surface area (Å²) in [6.45, 7) is 5.83. The van der Waals surface area contributed by atoms with E-state index in [9.17, 15) is 13.7 Å². The Kier molecular flexibility index (Phi) is 7.87. The molecular formula is C12H27O6P3. The quantitative estimate of drug-likeness (QED) is 0.467. The third kappa shape index (κ3) is 6.29. The van der Waals surface area contributed by atoms with Crippen molar-refractivity contribution in [3.8, 4) is 0 Å². The summed E-state index contributed by atoms with van der Waals surface area (Å²) >= 11 is 0. The molecule has 0 bridgehead atoms. The lowest BCUT2D eigenvalue weighted by atomic mass is 10.4. The van der Waals surface area contributed by atoms with Crippen LogP contribution in [0.3, 0.4) is 0 Å². The largest absolute Gasteiger partial charge is 0.345 e. The van der Waals surface area contributed by atoms with Crippen molar-refractivity contribution in [3.63, 3.8) is 0 Å². The Morgan fingerprint density at radius 2 is 0.810 bits per heavy atom. The maximum absolute atomic E-state index is 12.7. The average molecular weight is 360 g/mol. The molecule has 0 atom stereocenters. The summed E-state index contributed by atoms with van der Waals surface area (Å²) in [5.41, 5.74) is 0. The number of hydrogen-bond donors (Lipinski definition) is 0. The van der Waals surface area contributed by atoms with Crippen LogP contribution in [-0.4, -0.2) is 18.5 Å². The molecule has 1 heterocycles. The molecular weight excluding hydrogens is 333 g/mol.